The third-order valence-corrected chi connectivity index (χ3v) is 5.30. The first-order chi connectivity index (χ1) is 13.8. The van der Waals surface area contributed by atoms with Crippen LogP contribution in [0.15, 0.2) is 66.9 Å². The number of benzene rings is 2. The molecule has 1 amide bonds. The van der Waals surface area contributed by atoms with Crippen LogP contribution in [0.1, 0.15) is 16.4 Å². The monoisotopic (exact) mass is 376 g/mol. The smallest absolute Gasteiger partial charge is 0.251 e. The van der Waals surface area contributed by atoms with E-state index >= 15 is 0 Å². The predicted molar refractivity (Wildman–Crippen MR) is 102 cm³/mol. The number of ether oxygens (including phenoxy) is 2. The highest BCUT2D eigenvalue weighted by Crippen LogP contribution is 2.34. The van der Waals surface area contributed by atoms with Crippen LogP contribution in [0.3, 0.4) is 0 Å². The van der Waals surface area contributed by atoms with Gasteiger partial charge in [0.2, 0.25) is 0 Å². The maximum atomic E-state index is 12.5. The first kappa shape index (κ1) is 17.1. The second kappa shape index (κ2) is 7.18. The molecule has 4 atom stereocenters. The molecule has 3 aromatic rings. The van der Waals surface area contributed by atoms with E-state index in [4.69, 9.17) is 9.47 Å². The molecule has 2 aliphatic heterocycles. The van der Waals surface area contributed by atoms with Gasteiger partial charge in [0.05, 0.1) is 25.5 Å². The number of aromatic nitrogens is 3. The number of rotatable bonds is 4. The molecular weight excluding hydrogens is 356 g/mol. The molecule has 7 heteroatoms. The lowest BCUT2D eigenvalue weighted by molar-refractivity contribution is 0.0613. The molecule has 0 bridgehead atoms. The molecule has 1 aromatic heterocycles. The van der Waals surface area contributed by atoms with Crippen molar-refractivity contribution in [2.45, 2.75) is 24.3 Å². The van der Waals surface area contributed by atoms with Crippen molar-refractivity contribution >= 4 is 5.91 Å². The summed E-state index contributed by atoms with van der Waals surface area (Å²) < 4.78 is 13.8. The van der Waals surface area contributed by atoms with Crippen LogP contribution in [-0.2, 0) is 9.47 Å². The Morgan fingerprint density at radius 3 is 2.46 bits per heavy atom. The summed E-state index contributed by atoms with van der Waals surface area (Å²) in [5, 5.41) is 11.6. The maximum absolute atomic E-state index is 12.5. The van der Waals surface area contributed by atoms with E-state index in [1.807, 2.05) is 59.4 Å². The minimum atomic E-state index is -0.193. The van der Waals surface area contributed by atoms with Gasteiger partial charge in [-0.25, -0.2) is 4.68 Å². The van der Waals surface area contributed by atoms with Crippen LogP contribution in [0.2, 0.25) is 0 Å². The maximum Gasteiger partial charge on any atom is 0.251 e. The fourth-order valence-electron chi connectivity index (χ4n) is 3.85. The first-order valence-corrected chi connectivity index (χ1v) is 9.36. The van der Waals surface area contributed by atoms with Crippen LogP contribution in [0.25, 0.3) is 11.3 Å². The Morgan fingerprint density at radius 2 is 1.68 bits per heavy atom. The first-order valence-electron chi connectivity index (χ1n) is 9.36. The van der Waals surface area contributed by atoms with Crippen LogP contribution >= 0.6 is 0 Å². The van der Waals surface area contributed by atoms with Crippen molar-refractivity contribution in [2.75, 3.05) is 13.2 Å². The minimum absolute atomic E-state index is 0.0615. The summed E-state index contributed by atoms with van der Waals surface area (Å²) >= 11 is 0. The van der Waals surface area contributed by atoms with Crippen LogP contribution in [0.5, 0.6) is 0 Å². The summed E-state index contributed by atoms with van der Waals surface area (Å²) in [6, 6.07) is 18.9. The number of carbonyl (C=O) groups excluding carboxylic acids is 1. The van der Waals surface area contributed by atoms with Gasteiger partial charge in [-0.1, -0.05) is 53.7 Å². The Balaban J connectivity index is 1.28. The summed E-state index contributed by atoms with van der Waals surface area (Å²) in [7, 11) is 0. The molecular formula is C21H20N4O3. The van der Waals surface area contributed by atoms with Gasteiger partial charge in [0.15, 0.2) is 0 Å². The normalized spacial score (nSPS) is 26.1. The molecule has 142 valence electrons. The highest BCUT2D eigenvalue weighted by molar-refractivity contribution is 5.94. The zero-order valence-corrected chi connectivity index (χ0v) is 15.1. The second-order valence-electron chi connectivity index (χ2n) is 7.06. The summed E-state index contributed by atoms with van der Waals surface area (Å²) in [5.74, 6) is -0.117. The summed E-state index contributed by atoms with van der Waals surface area (Å²) in [5.41, 5.74) is 2.46. The molecule has 7 nitrogen and oxygen atoms in total. The van der Waals surface area contributed by atoms with Crippen molar-refractivity contribution in [1.29, 1.82) is 0 Å². The molecule has 1 N–H and O–H groups in total. The van der Waals surface area contributed by atoms with E-state index < -0.39 is 0 Å². The molecule has 4 unspecified atom stereocenters. The summed E-state index contributed by atoms with van der Waals surface area (Å²) in [6.07, 6.45) is 1.57. The number of nitrogens with zero attached hydrogens (tertiary/aromatic N) is 3. The Labute approximate surface area is 162 Å². The summed E-state index contributed by atoms with van der Waals surface area (Å²) in [6.45, 7) is 0.898. The van der Waals surface area contributed by atoms with Crippen molar-refractivity contribution in [2.24, 2.45) is 0 Å². The van der Waals surface area contributed by atoms with E-state index in [9.17, 15) is 4.79 Å². The molecule has 0 saturated carbocycles. The van der Waals surface area contributed by atoms with E-state index in [2.05, 4.69) is 15.6 Å². The number of hydrogen-bond acceptors (Lipinski definition) is 5. The van der Waals surface area contributed by atoms with Crippen molar-refractivity contribution in [3.05, 3.63) is 72.4 Å². The number of fused-ring (bicyclic) bond motifs is 1. The molecule has 2 fully saturated rings. The standard InChI is InChI=1S/C21H20N4O3/c26-21(15-9-5-2-6-10-15)22-17-12-27-20-18(13-28-19(17)20)25-11-16(23-24-25)14-7-3-1-4-8-14/h1-11,17-20H,12-13H2,(H,22,26). The van der Waals surface area contributed by atoms with Crippen LogP contribution < -0.4 is 5.32 Å². The van der Waals surface area contributed by atoms with E-state index in [-0.39, 0.29) is 30.2 Å². The molecule has 28 heavy (non-hydrogen) atoms. The fourth-order valence-corrected chi connectivity index (χ4v) is 3.85. The van der Waals surface area contributed by atoms with Crippen molar-refractivity contribution in [3.63, 3.8) is 0 Å². The molecule has 3 heterocycles. The van der Waals surface area contributed by atoms with Gasteiger partial charge in [-0.2, -0.15) is 0 Å². The number of carbonyl (C=O) groups is 1. The third-order valence-electron chi connectivity index (χ3n) is 5.30. The van der Waals surface area contributed by atoms with Gasteiger partial charge in [0.25, 0.3) is 5.91 Å². The lowest BCUT2D eigenvalue weighted by Crippen LogP contribution is -2.44. The van der Waals surface area contributed by atoms with E-state index in [0.717, 1.165) is 11.3 Å². The number of amides is 1. The van der Waals surface area contributed by atoms with Gasteiger partial charge in [-0.15, -0.1) is 5.10 Å². The van der Waals surface area contributed by atoms with E-state index in [1.54, 1.807) is 12.1 Å². The van der Waals surface area contributed by atoms with E-state index in [1.165, 1.54) is 0 Å². The van der Waals surface area contributed by atoms with Crippen molar-refractivity contribution < 1.29 is 14.3 Å². The van der Waals surface area contributed by atoms with Gasteiger partial charge in [0, 0.05) is 11.1 Å². The third kappa shape index (κ3) is 3.08. The molecule has 0 aliphatic carbocycles. The molecule has 2 aromatic carbocycles. The predicted octanol–water partition coefficient (Wildman–Crippen LogP) is 2.08. The van der Waals surface area contributed by atoms with Gasteiger partial charge in [0.1, 0.15) is 23.9 Å². The van der Waals surface area contributed by atoms with Crippen LogP contribution in [0.4, 0.5) is 0 Å². The Morgan fingerprint density at radius 1 is 0.964 bits per heavy atom. The van der Waals surface area contributed by atoms with Gasteiger partial charge >= 0.3 is 0 Å². The van der Waals surface area contributed by atoms with Crippen LogP contribution in [0, 0.1) is 0 Å². The minimum Gasteiger partial charge on any atom is -0.371 e. The Hall–Kier alpha value is -3.03. The lowest BCUT2D eigenvalue weighted by Gasteiger charge is -2.17. The second-order valence-corrected chi connectivity index (χ2v) is 7.06. The quantitative estimate of drug-likeness (QED) is 0.754. The molecule has 5 rings (SSSR count). The average Bonchev–Trinajstić information content (AvgIpc) is 3.47. The zero-order valence-electron chi connectivity index (χ0n) is 15.1. The Kier molecular flexibility index (Phi) is 4.38. The number of hydrogen-bond donors (Lipinski definition) is 1. The van der Waals surface area contributed by atoms with Crippen molar-refractivity contribution in [1.82, 2.24) is 20.3 Å². The Bertz CT molecular complexity index is 960. The van der Waals surface area contributed by atoms with E-state index in [0.29, 0.717) is 18.8 Å². The van der Waals surface area contributed by atoms with Gasteiger partial charge < -0.3 is 14.8 Å². The number of nitrogens with one attached hydrogen (secondary N) is 1. The molecule has 0 radical (unpaired) electrons. The van der Waals surface area contributed by atoms with Gasteiger partial charge in [-0.3, -0.25) is 4.79 Å². The van der Waals surface area contributed by atoms with Gasteiger partial charge in [-0.05, 0) is 12.1 Å². The largest absolute Gasteiger partial charge is 0.371 e. The lowest BCUT2D eigenvalue weighted by atomic mass is 10.1. The molecule has 2 aliphatic rings. The van der Waals surface area contributed by atoms with Crippen LogP contribution in [-0.4, -0.2) is 52.4 Å². The zero-order chi connectivity index (χ0) is 18.9. The highest BCUT2D eigenvalue weighted by Gasteiger charge is 2.49. The highest BCUT2D eigenvalue weighted by atomic mass is 16.6. The van der Waals surface area contributed by atoms with Crippen molar-refractivity contribution in [3.8, 4) is 11.3 Å². The SMILES string of the molecule is O=C(NC1COC2C1OCC2n1cc(-c2ccccc2)nn1)c1ccccc1. The summed E-state index contributed by atoms with van der Waals surface area (Å²) in [4.78, 5) is 12.5. The average molecular weight is 376 g/mol. The topological polar surface area (TPSA) is 78.3 Å². The molecule has 0 spiro atoms. The fraction of sp³-hybridized carbons (Fsp3) is 0.286. The molecule has 2 saturated heterocycles.